The molecule has 2 N–H and O–H groups in total. The molecular weight excluding hydrogens is 162 g/mol. The third-order valence-corrected chi connectivity index (χ3v) is 1.28. The first-order chi connectivity index (χ1) is 5.95. The van der Waals surface area contributed by atoms with Crippen molar-refractivity contribution in [2.75, 3.05) is 0 Å². The van der Waals surface area contributed by atoms with Gasteiger partial charge in [0, 0.05) is 0 Å². The number of hydrogen-bond donors (Lipinski definition) is 1. The van der Waals surface area contributed by atoms with Crippen LogP contribution in [0.25, 0.3) is 0 Å². The molecular formula is C11H21NO. The van der Waals surface area contributed by atoms with Gasteiger partial charge < -0.3 is 10.5 Å². The first-order valence-corrected chi connectivity index (χ1v) is 4.77. The fraction of sp³-hybridized carbons (Fsp3) is 0.636. The van der Waals surface area contributed by atoms with E-state index in [-0.39, 0.29) is 5.60 Å². The van der Waals surface area contributed by atoms with E-state index < -0.39 is 0 Å². The van der Waals surface area contributed by atoms with E-state index in [1.807, 2.05) is 26.8 Å². The van der Waals surface area contributed by atoms with Crippen molar-refractivity contribution in [2.45, 2.75) is 46.1 Å². The van der Waals surface area contributed by atoms with Crippen molar-refractivity contribution >= 4 is 0 Å². The Hall–Kier alpha value is -0.920. The molecule has 0 aliphatic heterocycles. The Bertz CT molecular complexity index is 187. The zero-order chi connectivity index (χ0) is 10.3. The SMILES string of the molecule is CCC/C=C\C=C(/N)OC(C)(C)C. The Morgan fingerprint density at radius 2 is 2.00 bits per heavy atom. The molecule has 13 heavy (non-hydrogen) atoms. The van der Waals surface area contributed by atoms with Gasteiger partial charge in [0.1, 0.15) is 5.60 Å². The molecule has 0 aromatic carbocycles. The zero-order valence-electron chi connectivity index (χ0n) is 9.13. The number of rotatable bonds is 4. The first kappa shape index (κ1) is 12.1. The summed E-state index contributed by atoms with van der Waals surface area (Å²) in [6.45, 7) is 8.07. The minimum atomic E-state index is -0.209. The summed E-state index contributed by atoms with van der Waals surface area (Å²) in [5, 5.41) is 0. The van der Waals surface area contributed by atoms with Crippen LogP contribution in [0.1, 0.15) is 40.5 Å². The van der Waals surface area contributed by atoms with Crippen molar-refractivity contribution in [3.05, 3.63) is 24.1 Å². The van der Waals surface area contributed by atoms with E-state index in [1.54, 1.807) is 6.08 Å². The lowest BCUT2D eigenvalue weighted by atomic mass is 10.2. The second-order valence-electron chi connectivity index (χ2n) is 4.00. The predicted molar refractivity (Wildman–Crippen MR) is 57.2 cm³/mol. The molecule has 0 atom stereocenters. The van der Waals surface area contributed by atoms with Gasteiger partial charge in [-0.15, -0.1) is 0 Å². The Balaban J connectivity index is 3.89. The molecule has 0 radical (unpaired) electrons. The monoisotopic (exact) mass is 183 g/mol. The molecule has 0 aromatic rings. The highest BCUT2D eigenvalue weighted by Gasteiger charge is 2.10. The molecule has 2 nitrogen and oxygen atoms in total. The van der Waals surface area contributed by atoms with E-state index >= 15 is 0 Å². The Labute approximate surface area is 81.5 Å². The van der Waals surface area contributed by atoms with Crippen LogP contribution < -0.4 is 5.73 Å². The van der Waals surface area contributed by atoms with Gasteiger partial charge in [0.2, 0.25) is 0 Å². The average Bonchev–Trinajstić information content (AvgIpc) is 1.94. The zero-order valence-corrected chi connectivity index (χ0v) is 9.13. The van der Waals surface area contributed by atoms with Crippen LogP contribution in [0.2, 0.25) is 0 Å². The minimum Gasteiger partial charge on any atom is -0.474 e. The molecule has 0 amide bonds. The van der Waals surface area contributed by atoms with E-state index in [2.05, 4.69) is 13.0 Å². The van der Waals surface area contributed by atoms with Gasteiger partial charge >= 0.3 is 0 Å². The van der Waals surface area contributed by atoms with Crippen molar-refractivity contribution in [1.82, 2.24) is 0 Å². The lowest BCUT2D eigenvalue weighted by Gasteiger charge is -2.20. The molecule has 0 fully saturated rings. The summed E-state index contributed by atoms with van der Waals surface area (Å²) in [6.07, 6.45) is 8.05. The van der Waals surface area contributed by atoms with Crippen LogP contribution in [0, 0.1) is 0 Å². The highest BCUT2D eigenvalue weighted by atomic mass is 16.5. The summed E-state index contributed by atoms with van der Waals surface area (Å²) in [7, 11) is 0. The molecule has 0 rings (SSSR count). The standard InChI is InChI=1S/C11H21NO/c1-5-6-7-8-9-10(12)13-11(2,3)4/h7-9H,5-6,12H2,1-4H3/b8-7-,10-9+. The normalized spacial score (nSPS) is 13.7. The van der Waals surface area contributed by atoms with Gasteiger partial charge in [-0.25, -0.2) is 0 Å². The number of ether oxygens (including phenoxy) is 1. The maximum atomic E-state index is 5.63. The molecule has 2 heteroatoms. The van der Waals surface area contributed by atoms with E-state index in [1.165, 1.54) is 0 Å². The topological polar surface area (TPSA) is 35.2 Å². The highest BCUT2D eigenvalue weighted by molar-refractivity contribution is 5.05. The Morgan fingerprint density at radius 1 is 1.38 bits per heavy atom. The molecule has 0 aromatic heterocycles. The molecule has 0 unspecified atom stereocenters. The molecule has 0 saturated carbocycles. The van der Waals surface area contributed by atoms with E-state index in [0.717, 1.165) is 12.8 Å². The molecule has 0 aliphatic carbocycles. The van der Waals surface area contributed by atoms with Crippen LogP contribution in [0.4, 0.5) is 0 Å². The molecule has 76 valence electrons. The summed E-state index contributed by atoms with van der Waals surface area (Å²) in [5.74, 6) is 0.472. The van der Waals surface area contributed by atoms with Gasteiger partial charge in [-0.05, 0) is 33.3 Å². The number of unbranched alkanes of at least 4 members (excludes halogenated alkanes) is 1. The summed E-state index contributed by atoms with van der Waals surface area (Å²) in [4.78, 5) is 0. The molecule has 0 heterocycles. The number of nitrogens with two attached hydrogens (primary N) is 1. The first-order valence-electron chi connectivity index (χ1n) is 4.77. The highest BCUT2D eigenvalue weighted by Crippen LogP contribution is 2.09. The van der Waals surface area contributed by atoms with Crippen LogP contribution in [0.15, 0.2) is 24.1 Å². The van der Waals surface area contributed by atoms with Crippen molar-refractivity contribution in [1.29, 1.82) is 0 Å². The summed E-state index contributed by atoms with van der Waals surface area (Å²) < 4.78 is 5.41. The number of hydrogen-bond acceptors (Lipinski definition) is 2. The maximum absolute atomic E-state index is 5.63. The largest absolute Gasteiger partial charge is 0.474 e. The van der Waals surface area contributed by atoms with Gasteiger partial charge in [0.05, 0.1) is 0 Å². The van der Waals surface area contributed by atoms with Crippen molar-refractivity contribution in [3.8, 4) is 0 Å². The summed E-state index contributed by atoms with van der Waals surface area (Å²) in [6, 6.07) is 0. The fourth-order valence-electron chi connectivity index (χ4n) is 0.813. The number of allylic oxidation sites excluding steroid dienone is 3. The van der Waals surface area contributed by atoms with E-state index in [9.17, 15) is 0 Å². The fourth-order valence-corrected chi connectivity index (χ4v) is 0.813. The molecule has 0 spiro atoms. The van der Waals surface area contributed by atoms with Crippen molar-refractivity contribution < 1.29 is 4.74 Å². The van der Waals surface area contributed by atoms with Crippen LogP contribution >= 0.6 is 0 Å². The summed E-state index contributed by atoms with van der Waals surface area (Å²) >= 11 is 0. The average molecular weight is 183 g/mol. The quantitative estimate of drug-likeness (QED) is 0.537. The molecule has 0 aliphatic rings. The van der Waals surface area contributed by atoms with Crippen molar-refractivity contribution in [3.63, 3.8) is 0 Å². The lowest BCUT2D eigenvalue weighted by Crippen LogP contribution is -2.21. The van der Waals surface area contributed by atoms with E-state index in [4.69, 9.17) is 10.5 Å². The van der Waals surface area contributed by atoms with Gasteiger partial charge in [0.15, 0.2) is 5.88 Å². The van der Waals surface area contributed by atoms with E-state index in [0.29, 0.717) is 5.88 Å². The smallest absolute Gasteiger partial charge is 0.184 e. The maximum Gasteiger partial charge on any atom is 0.184 e. The van der Waals surface area contributed by atoms with Crippen LogP contribution in [0.3, 0.4) is 0 Å². The minimum absolute atomic E-state index is 0.209. The third-order valence-electron chi connectivity index (χ3n) is 1.28. The van der Waals surface area contributed by atoms with Crippen LogP contribution in [0.5, 0.6) is 0 Å². The van der Waals surface area contributed by atoms with Crippen LogP contribution in [-0.4, -0.2) is 5.60 Å². The van der Waals surface area contributed by atoms with Gasteiger partial charge in [0.25, 0.3) is 0 Å². The Morgan fingerprint density at radius 3 is 2.46 bits per heavy atom. The van der Waals surface area contributed by atoms with Crippen molar-refractivity contribution in [2.24, 2.45) is 5.73 Å². The van der Waals surface area contributed by atoms with Gasteiger partial charge in [-0.1, -0.05) is 25.5 Å². The lowest BCUT2D eigenvalue weighted by molar-refractivity contribution is 0.0506. The second-order valence-corrected chi connectivity index (χ2v) is 4.00. The van der Waals surface area contributed by atoms with Gasteiger partial charge in [-0.2, -0.15) is 0 Å². The Kier molecular flexibility index (Phi) is 5.28. The molecule has 0 saturated heterocycles. The van der Waals surface area contributed by atoms with Crippen LogP contribution in [-0.2, 0) is 4.74 Å². The summed E-state index contributed by atoms with van der Waals surface area (Å²) in [5.41, 5.74) is 5.42. The second kappa shape index (κ2) is 5.68. The predicted octanol–water partition coefficient (Wildman–Crippen LogP) is 2.96. The molecule has 0 bridgehead atoms. The third kappa shape index (κ3) is 8.99. The van der Waals surface area contributed by atoms with Gasteiger partial charge in [-0.3, -0.25) is 0 Å².